The minimum absolute atomic E-state index is 0.0202. The van der Waals surface area contributed by atoms with Crippen LogP contribution < -0.4 is 4.74 Å². The number of aromatic carboxylic acids is 1. The van der Waals surface area contributed by atoms with E-state index in [1.165, 1.54) is 22.7 Å². The fourth-order valence-electron chi connectivity index (χ4n) is 2.35. The van der Waals surface area contributed by atoms with Crippen LogP contribution in [0.2, 0.25) is 0 Å². The summed E-state index contributed by atoms with van der Waals surface area (Å²) in [4.78, 5) is 16.9. The van der Waals surface area contributed by atoms with Gasteiger partial charge in [-0.05, 0) is 44.4 Å². The Hall–Kier alpha value is -2.43. The highest BCUT2D eigenvalue weighted by atomic mass is 32.1. The van der Waals surface area contributed by atoms with Crippen molar-refractivity contribution in [3.63, 3.8) is 0 Å². The Morgan fingerprint density at radius 2 is 2.08 bits per heavy atom. The number of carboxylic acid groups (broad SMARTS) is 1. The van der Waals surface area contributed by atoms with Crippen LogP contribution in [0.1, 0.15) is 34.8 Å². The number of nitrogens with zero attached hydrogens (tertiary/aromatic N) is 2. The monoisotopic (exact) mass is 358 g/mol. The number of aryl methyl sites for hydroxylation is 1. The fraction of sp³-hybridized carbons (Fsp3) is 0.235. The summed E-state index contributed by atoms with van der Waals surface area (Å²) in [6.45, 7) is 5.61. The van der Waals surface area contributed by atoms with Gasteiger partial charge in [0.25, 0.3) is 0 Å². The van der Waals surface area contributed by atoms with Crippen LogP contribution in [-0.2, 0) is 0 Å². The number of aromatic nitrogens is 1. The molecule has 0 radical (unpaired) electrons. The topological polar surface area (TPSA) is 83.2 Å². The number of carboxylic acids is 1. The van der Waals surface area contributed by atoms with Crippen LogP contribution in [0.5, 0.6) is 5.75 Å². The molecule has 0 atom stereocenters. The van der Waals surface area contributed by atoms with E-state index >= 15 is 0 Å². The minimum atomic E-state index is -1.03. The molecule has 122 valence electrons. The largest absolute Gasteiger partial charge is 0.491 e. The van der Waals surface area contributed by atoms with E-state index in [0.29, 0.717) is 21.2 Å². The number of thiazole rings is 1. The lowest BCUT2D eigenvalue weighted by Crippen LogP contribution is -2.05. The molecule has 3 aromatic rings. The third-order valence-corrected chi connectivity index (χ3v) is 5.62. The van der Waals surface area contributed by atoms with E-state index in [-0.39, 0.29) is 11.8 Å². The van der Waals surface area contributed by atoms with Crippen molar-refractivity contribution in [1.82, 2.24) is 4.98 Å². The first-order chi connectivity index (χ1) is 11.4. The molecular weight excluding hydrogens is 344 g/mol. The Kier molecular flexibility index (Phi) is 4.26. The number of rotatable bonds is 4. The molecule has 0 saturated heterocycles. The maximum absolute atomic E-state index is 11.2. The van der Waals surface area contributed by atoms with Gasteiger partial charge in [0.2, 0.25) is 0 Å². The van der Waals surface area contributed by atoms with Crippen molar-refractivity contribution < 1.29 is 14.6 Å². The van der Waals surface area contributed by atoms with Crippen molar-refractivity contribution in [2.75, 3.05) is 0 Å². The lowest BCUT2D eigenvalue weighted by molar-refractivity contribution is 0.0690. The maximum atomic E-state index is 11.2. The average molecular weight is 358 g/mol. The van der Waals surface area contributed by atoms with Crippen molar-refractivity contribution in [1.29, 1.82) is 5.26 Å². The van der Waals surface area contributed by atoms with Gasteiger partial charge in [0.05, 0.1) is 21.2 Å². The molecule has 1 aromatic carbocycles. The molecule has 0 aliphatic heterocycles. The molecule has 0 fully saturated rings. The zero-order valence-electron chi connectivity index (χ0n) is 13.3. The summed E-state index contributed by atoms with van der Waals surface area (Å²) in [5.74, 6) is -0.374. The highest BCUT2D eigenvalue weighted by molar-refractivity contribution is 7.26. The molecule has 7 heteroatoms. The molecule has 0 aliphatic carbocycles. The first kappa shape index (κ1) is 16.4. The maximum Gasteiger partial charge on any atom is 0.355 e. The van der Waals surface area contributed by atoms with Crippen LogP contribution in [0.25, 0.3) is 20.0 Å². The van der Waals surface area contributed by atoms with Crippen molar-refractivity contribution in [2.24, 2.45) is 0 Å². The zero-order valence-corrected chi connectivity index (χ0v) is 14.9. The number of fused-ring (bicyclic) bond motifs is 1. The molecule has 3 rings (SSSR count). The molecule has 1 N–H and O–H groups in total. The predicted octanol–water partition coefficient (Wildman–Crippen LogP) is 4.69. The molecule has 24 heavy (non-hydrogen) atoms. The molecule has 5 nitrogen and oxygen atoms in total. The molecule has 0 amide bonds. The van der Waals surface area contributed by atoms with Crippen LogP contribution in [-0.4, -0.2) is 22.2 Å². The fourth-order valence-corrected chi connectivity index (χ4v) is 4.41. The van der Waals surface area contributed by atoms with Crippen LogP contribution >= 0.6 is 22.7 Å². The van der Waals surface area contributed by atoms with Gasteiger partial charge in [-0.25, -0.2) is 9.78 Å². The molecule has 0 unspecified atom stereocenters. The summed E-state index contributed by atoms with van der Waals surface area (Å²) >= 11 is 2.78. The number of hydrogen-bond acceptors (Lipinski definition) is 6. The average Bonchev–Trinajstić information content (AvgIpc) is 3.08. The number of carbonyl (C=O) groups is 1. The molecule has 0 spiro atoms. The Bertz CT molecular complexity index is 980. The second-order valence-corrected chi connectivity index (χ2v) is 7.76. The van der Waals surface area contributed by atoms with Gasteiger partial charge in [-0.15, -0.1) is 22.7 Å². The van der Waals surface area contributed by atoms with Crippen LogP contribution in [0.3, 0.4) is 0 Å². The van der Waals surface area contributed by atoms with Gasteiger partial charge in [0.1, 0.15) is 16.8 Å². The third kappa shape index (κ3) is 2.98. The number of hydrogen-bond donors (Lipinski definition) is 1. The summed E-state index contributed by atoms with van der Waals surface area (Å²) in [5, 5.41) is 20.1. The second-order valence-electron chi connectivity index (χ2n) is 5.51. The highest BCUT2D eigenvalue weighted by Gasteiger charge is 2.18. The molecule has 0 aliphatic rings. The van der Waals surface area contributed by atoms with Gasteiger partial charge >= 0.3 is 5.97 Å². The first-order valence-corrected chi connectivity index (χ1v) is 8.87. The van der Waals surface area contributed by atoms with Gasteiger partial charge in [-0.2, -0.15) is 5.26 Å². The highest BCUT2D eigenvalue weighted by Crippen LogP contribution is 2.39. The Morgan fingerprint density at radius 3 is 2.67 bits per heavy atom. The normalized spacial score (nSPS) is 11.0. The number of thiophene rings is 1. The number of ether oxygens (including phenoxy) is 1. The summed E-state index contributed by atoms with van der Waals surface area (Å²) in [5.41, 5.74) is 0.628. The van der Waals surface area contributed by atoms with Crippen LogP contribution in [0.4, 0.5) is 0 Å². The molecule has 2 aromatic heterocycles. The summed E-state index contributed by atoms with van der Waals surface area (Å²) in [6.07, 6.45) is 0.0202. The SMILES string of the molecule is Cc1sc(-c2cc3cc(OC(C)C)cc(C#N)c3s2)nc1C(=O)O. The quantitative estimate of drug-likeness (QED) is 0.731. The third-order valence-electron chi connectivity index (χ3n) is 3.29. The smallest absolute Gasteiger partial charge is 0.355 e. The van der Waals surface area contributed by atoms with E-state index in [0.717, 1.165) is 15.0 Å². The second kappa shape index (κ2) is 6.23. The van der Waals surface area contributed by atoms with Gasteiger partial charge in [0, 0.05) is 4.88 Å². The van der Waals surface area contributed by atoms with E-state index in [2.05, 4.69) is 11.1 Å². The molecular formula is C17H14N2O3S2. The lowest BCUT2D eigenvalue weighted by atomic mass is 10.1. The molecule has 0 bridgehead atoms. The standard InChI is InChI=1S/C17H14N2O3S2/c1-8(2)22-12-4-10-6-13(24-15(10)11(5-12)7-18)16-19-14(17(20)21)9(3)23-16/h4-6,8H,1-3H3,(H,20,21). The minimum Gasteiger partial charge on any atom is -0.491 e. The van der Waals surface area contributed by atoms with Crippen molar-refractivity contribution in [2.45, 2.75) is 26.9 Å². The van der Waals surface area contributed by atoms with Crippen molar-refractivity contribution >= 4 is 38.7 Å². The summed E-state index contributed by atoms with van der Waals surface area (Å²) < 4.78 is 6.55. The van der Waals surface area contributed by atoms with Gasteiger partial charge in [-0.1, -0.05) is 0 Å². The van der Waals surface area contributed by atoms with E-state index in [4.69, 9.17) is 9.84 Å². The van der Waals surface area contributed by atoms with Gasteiger partial charge in [0.15, 0.2) is 5.69 Å². The van der Waals surface area contributed by atoms with Crippen LogP contribution in [0, 0.1) is 18.3 Å². The van der Waals surface area contributed by atoms with E-state index in [1.807, 2.05) is 26.0 Å². The number of benzene rings is 1. The van der Waals surface area contributed by atoms with Crippen molar-refractivity contribution in [3.8, 4) is 21.7 Å². The Balaban J connectivity index is 2.13. The van der Waals surface area contributed by atoms with Gasteiger partial charge in [-0.3, -0.25) is 0 Å². The lowest BCUT2D eigenvalue weighted by Gasteiger charge is -2.09. The zero-order chi connectivity index (χ0) is 17.4. The van der Waals surface area contributed by atoms with Crippen molar-refractivity contribution in [3.05, 3.63) is 34.3 Å². The Morgan fingerprint density at radius 1 is 1.33 bits per heavy atom. The Labute approximate surface area is 146 Å². The van der Waals surface area contributed by atoms with E-state index in [1.54, 1.807) is 13.0 Å². The van der Waals surface area contributed by atoms with E-state index < -0.39 is 5.97 Å². The van der Waals surface area contributed by atoms with E-state index in [9.17, 15) is 10.1 Å². The molecule has 0 saturated carbocycles. The predicted molar refractivity (Wildman–Crippen MR) is 95.1 cm³/mol. The first-order valence-electron chi connectivity index (χ1n) is 7.24. The number of nitriles is 1. The van der Waals surface area contributed by atoms with Crippen LogP contribution in [0.15, 0.2) is 18.2 Å². The van der Waals surface area contributed by atoms with Gasteiger partial charge < -0.3 is 9.84 Å². The summed E-state index contributed by atoms with van der Waals surface area (Å²) in [7, 11) is 0. The molecule has 2 heterocycles. The summed E-state index contributed by atoms with van der Waals surface area (Å²) in [6, 6.07) is 7.76.